The number of nitrogens with zero attached hydrogens (tertiary/aromatic N) is 4. The van der Waals surface area contributed by atoms with Gasteiger partial charge in [0.25, 0.3) is 5.91 Å². The summed E-state index contributed by atoms with van der Waals surface area (Å²) in [6.45, 7) is 2.78. The van der Waals surface area contributed by atoms with Crippen LogP contribution in [0.3, 0.4) is 0 Å². The number of piperazine rings is 1. The molecule has 1 saturated heterocycles. The Morgan fingerprint density at radius 1 is 1.03 bits per heavy atom. The summed E-state index contributed by atoms with van der Waals surface area (Å²) < 4.78 is 17.6. The normalized spacial score (nSPS) is 16.9. The summed E-state index contributed by atoms with van der Waals surface area (Å²) in [4.78, 5) is 34.7. The van der Waals surface area contributed by atoms with E-state index in [0.717, 1.165) is 24.5 Å². The second-order valence-electron chi connectivity index (χ2n) is 8.94. The zero-order chi connectivity index (χ0) is 26.1. The summed E-state index contributed by atoms with van der Waals surface area (Å²) in [7, 11) is 4.75. The van der Waals surface area contributed by atoms with Crippen LogP contribution in [0.1, 0.15) is 17.6 Å². The molecule has 0 spiro atoms. The number of aromatic nitrogens is 2. The Hall–Kier alpha value is -3.86. The van der Waals surface area contributed by atoms with Crippen LogP contribution in [0.5, 0.6) is 17.2 Å². The highest BCUT2D eigenvalue weighted by molar-refractivity contribution is 7.71. The molecule has 1 aromatic heterocycles. The number of methoxy groups -OCH3 is 3. The summed E-state index contributed by atoms with van der Waals surface area (Å²) in [6.07, 6.45) is 0.622. The number of ether oxygens (including phenoxy) is 3. The minimum absolute atomic E-state index is 0.0397. The number of fused-ring (bicyclic) bond motifs is 3. The van der Waals surface area contributed by atoms with Gasteiger partial charge in [0.05, 0.1) is 26.8 Å². The van der Waals surface area contributed by atoms with Gasteiger partial charge in [0.1, 0.15) is 17.6 Å². The molecule has 1 unspecified atom stereocenters. The third-order valence-electron chi connectivity index (χ3n) is 6.93. The first-order chi connectivity index (χ1) is 17.9. The van der Waals surface area contributed by atoms with Crippen molar-refractivity contribution in [3.05, 3.63) is 41.2 Å². The topological polar surface area (TPSA) is 98.2 Å². The second-order valence-corrected chi connectivity index (χ2v) is 9.31. The number of benzene rings is 2. The molecule has 0 bridgehead atoms. The van der Waals surface area contributed by atoms with Crippen LogP contribution in [0.4, 0.5) is 11.5 Å². The number of carbonyl (C=O) groups excluding carboxylic acids is 2. The molecular weight excluding hydrogens is 494 g/mol. The maximum atomic E-state index is 13.2. The first kappa shape index (κ1) is 24.8. The van der Waals surface area contributed by atoms with Crippen LogP contribution in [0, 0.1) is 4.77 Å². The van der Waals surface area contributed by atoms with Crippen LogP contribution in [0.15, 0.2) is 36.4 Å². The largest absolute Gasteiger partial charge is 0.497 e. The predicted octanol–water partition coefficient (Wildman–Crippen LogP) is 3.35. The Labute approximate surface area is 219 Å². The van der Waals surface area contributed by atoms with E-state index < -0.39 is 6.04 Å². The van der Waals surface area contributed by atoms with Crippen molar-refractivity contribution >= 4 is 46.4 Å². The SMILES string of the molecule is COc1ccc(N2CCN(C(=O)CCC3Nc4c5cc(OC)c(OC)cc5nc(=S)n4C3=O)CC2)cc1. The quantitative estimate of drug-likeness (QED) is 0.468. The van der Waals surface area contributed by atoms with Crippen molar-refractivity contribution in [3.8, 4) is 17.2 Å². The smallest absolute Gasteiger partial charge is 0.257 e. The van der Waals surface area contributed by atoms with Crippen LogP contribution < -0.4 is 24.4 Å². The molecule has 0 saturated carbocycles. The van der Waals surface area contributed by atoms with Gasteiger partial charge in [-0.05, 0) is 49.0 Å². The standard InChI is InChI=1S/C26H29N5O5S/c1-34-17-6-4-16(5-7-17)29-10-12-30(13-11-29)23(32)9-8-19-25(33)31-24(27-19)18-14-21(35-2)22(36-3)15-20(18)28-26(31)37/h4-7,14-15,19,27H,8-13H2,1-3H3. The van der Waals surface area contributed by atoms with E-state index in [2.05, 4.69) is 15.2 Å². The van der Waals surface area contributed by atoms with Crippen molar-refractivity contribution in [1.82, 2.24) is 14.5 Å². The van der Waals surface area contributed by atoms with Crippen LogP contribution in [-0.2, 0) is 4.79 Å². The minimum atomic E-state index is -0.563. The Morgan fingerprint density at radius 2 is 1.70 bits per heavy atom. The van der Waals surface area contributed by atoms with Crippen LogP contribution >= 0.6 is 12.2 Å². The molecule has 2 aromatic carbocycles. The average Bonchev–Trinajstić information content (AvgIpc) is 3.27. The molecule has 3 heterocycles. The van der Waals surface area contributed by atoms with E-state index in [9.17, 15) is 9.59 Å². The highest BCUT2D eigenvalue weighted by Crippen LogP contribution is 2.37. The lowest BCUT2D eigenvalue weighted by molar-refractivity contribution is -0.131. The molecule has 2 aliphatic rings. The molecule has 0 radical (unpaired) electrons. The number of hydrogen-bond acceptors (Lipinski definition) is 9. The zero-order valence-corrected chi connectivity index (χ0v) is 21.8. The van der Waals surface area contributed by atoms with Crippen molar-refractivity contribution in [2.75, 3.05) is 57.7 Å². The van der Waals surface area contributed by atoms with Gasteiger partial charge in [-0.3, -0.25) is 9.59 Å². The van der Waals surface area contributed by atoms with Crippen molar-refractivity contribution in [1.29, 1.82) is 0 Å². The molecule has 1 amide bonds. The van der Waals surface area contributed by atoms with Gasteiger partial charge in [0.15, 0.2) is 11.5 Å². The van der Waals surface area contributed by atoms with Gasteiger partial charge in [0.2, 0.25) is 10.7 Å². The maximum Gasteiger partial charge on any atom is 0.257 e. The maximum absolute atomic E-state index is 13.2. The van der Waals surface area contributed by atoms with Gasteiger partial charge in [0, 0.05) is 49.7 Å². The Bertz CT molecular complexity index is 1400. The van der Waals surface area contributed by atoms with Gasteiger partial charge in [-0.15, -0.1) is 0 Å². The van der Waals surface area contributed by atoms with E-state index in [-0.39, 0.29) is 23.0 Å². The van der Waals surface area contributed by atoms with Gasteiger partial charge < -0.3 is 29.3 Å². The molecule has 11 heteroatoms. The molecule has 5 rings (SSSR count). The van der Waals surface area contributed by atoms with Crippen molar-refractivity contribution in [2.45, 2.75) is 18.9 Å². The molecule has 1 N–H and O–H groups in total. The van der Waals surface area contributed by atoms with Crippen LogP contribution in [0.2, 0.25) is 0 Å². The molecule has 3 aromatic rings. The monoisotopic (exact) mass is 523 g/mol. The summed E-state index contributed by atoms with van der Waals surface area (Å²) >= 11 is 5.41. The van der Waals surface area contributed by atoms with Crippen molar-refractivity contribution in [3.63, 3.8) is 0 Å². The summed E-state index contributed by atoms with van der Waals surface area (Å²) in [5.41, 5.74) is 1.71. The fourth-order valence-electron chi connectivity index (χ4n) is 4.88. The number of rotatable bonds is 7. The van der Waals surface area contributed by atoms with Gasteiger partial charge in [-0.1, -0.05) is 0 Å². The molecule has 0 aliphatic carbocycles. The fraction of sp³-hybridized carbons (Fsp3) is 0.385. The summed E-state index contributed by atoms with van der Waals surface area (Å²) in [5.74, 6) is 2.27. The highest BCUT2D eigenvalue weighted by atomic mass is 32.1. The molecule has 2 aliphatic heterocycles. The predicted molar refractivity (Wildman–Crippen MR) is 143 cm³/mol. The molecule has 10 nitrogen and oxygen atoms in total. The fourth-order valence-corrected chi connectivity index (χ4v) is 5.16. The highest BCUT2D eigenvalue weighted by Gasteiger charge is 2.33. The molecule has 194 valence electrons. The second kappa shape index (κ2) is 10.3. The summed E-state index contributed by atoms with van der Waals surface area (Å²) in [5, 5.41) is 3.97. The number of nitrogens with one attached hydrogen (secondary N) is 1. The Balaban J connectivity index is 1.23. The lowest BCUT2D eigenvalue weighted by Crippen LogP contribution is -2.49. The van der Waals surface area contributed by atoms with Gasteiger partial charge >= 0.3 is 0 Å². The molecule has 1 atom stereocenters. The van der Waals surface area contributed by atoms with E-state index >= 15 is 0 Å². The number of anilines is 2. The van der Waals surface area contributed by atoms with E-state index in [0.29, 0.717) is 47.7 Å². The van der Waals surface area contributed by atoms with Crippen LogP contribution in [0.25, 0.3) is 10.9 Å². The number of hydrogen-bond donors (Lipinski definition) is 1. The van der Waals surface area contributed by atoms with E-state index in [1.54, 1.807) is 33.5 Å². The number of amides is 1. The third-order valence-corrected chi connectivity index (χ3v) is 7.21. The first-order valence-electron chi connectivity index (χ1n) is 12.1. The lowest BCUT2D eigenvalue weighted by atomic mass is 10.1. The zero-order valence-electron chi connectivity index (χ0n) is 21.0. The van der Waals surface area contributed by atoms with Crippen LogP contribution in [-0.4, -0.2) is 79.8 Å². The first-order valence-corrected chi connectivity index (χ1v) is 12.5. The van der Waals surface area contributed by atoms with E-state index in [1.807, 2.05) is 29.2 Å². The van der Waals surface area contributed by atoms with Crippen molar-refractivity contribution < 1.29 is 23.8 Å². The van der Waals surface area contributed by atoms with Crippen molar-refractivity contribution in [2.24, 2.45) is 0 Å². The molecule has 1 fully saturated rings. The average molecular weight is 524 g/mol. The number of carbonyl (C=O) groups is 2. The van der Waals surface area contributed by atoms with E-state index in [4.69, 9.17) is 26.4 Å². The minimum Gasteiger partial charge on any atom is -0.497 e. The Morgan fingerprint density at radius 3 is 2.35 bits per heavy atom. The van der Waals surface area contributed by atoms with Gasteiger partial charge in [-0.2, -0.15) is 0 Å². The summed E-state index contributed by atoms with van der Waals surface area (Å²) in [6, 6.07) is 10.9. The third kappa shape index (κ3) is 4.66. The molecule has 37 heavy (non-hydrogen) atoms. The Kier molecular flexibility index (Phi) is 6.88. The van der Waals surface area contributed by atoms with E-state index in [1.165, 1.54) is 4.57 Å². The van der Waals surface area contributed by atoms with Gasteiger partial charge in [-0.25, -0.2) is 9.55 Å². The lowest BCUT2D eigenvalue weighted by Gasteiger charge is -2.36. The molecular formula is C26H29N5O5S.